The van der Waals surface area contributed by atoms with Crippen molar-refractivity contribution in [1.82, 2.24) is 15.1 Å². The highest BCUT2D eigenvalue weighted by Crippen LogP contribution is 2.38. The Kier molecular flexibility index (Phi) is 5.64. The third kappa shape index (κ3) is 3.83. The van der Waals surface area contributed by atoms with Gasteiger partial charge in [-0.05, 0) is 37.0 Å². The molecule has 11 heteroatoms. The van der Waals surface area contributed by atoms with Crippen LogP contribution in [-0.4, -0.2) is 71.2 Å². The summed E-state index contributed by atoms with van der Waals surface area (Å²) >= 11 is 0. The van der Waals surface area contributed by atoms with E-state index in [0.29, 0.717) is 6.42 Å². The molecule has 2 unspecified atom stereocenters. The number of benzene rings is 1. The Labute approximate surface area is 189 Å². The maximum atomic E-state index is 12.9. The van der Waals surface area contributed by atoms with Gasteiger partial charge in [-0.1, -0.05) is 19.8 Å². The molecule has 3 aliphatic rings. The lowest BCUT2D eigenvalue weighted by Crippen LogP contribution is -2.54. The number of imide groups is 2. The van der Waals surface area contributed by atoms with Gasteiger partial charge in [-0.25, -0.2) is 4.79 Å². The number of carbonyl (C=O) groups is 6. The summed E-state index contributed by atoms with van der Waals surface area (Å²) in [5, 5.41) is 5.23. The van der Waals surface area contributed by atoms with Gasteiger partial charge >= 0.3 is 12.0 Å². The molecule has 0 radical (unpaired) electrons. The monoisotopic (exact) mass is 456 g/mol. The summed E-state index contributed by atoms with van der Waals surface area (Å²) in [5.74, 6) is -2.96. The van der Waals surface area contributed by atoms with E-state index >= 15 is 0 Å². The van der Waals surface area contributed by atoms with Gasteiger partial charge in [-0.15, -0.1) is 0 Å². The average Bonchev–Trinajstić information content (AvgIpc) is 3.15. The lowest BCUT2D eigenvalue weighted by atomic mass is 9.73. The fourth-order valence-corrected chi connectivity index (χ4v) is 4.60. The van der Waals surface area contributed by atoms with E-state index in [1.165, 1.54) is 25.2 Å². The maximum absolute atomic E-state index is 12.9. The van der Waals surface area contributed by atoms with Crippen LogP contribution in [0.2, 0.25) is 0 Å². The maximum Gasteiger partial charge on any atom is 0.326 e. The number of amides is 6. The highest BCUT2D eigenvalue weighted by molar-refractivity contribution is 6.21. The first-order chi connectivity index (χ1) is 15.6. The number of ether oxygens (including phenoxy) is 1. The standard InChI is InChI=1S/C22H24N4O7/c1-12-5-3-4-8-22(12)20(31)26(21(32)24-22)10-17(28)33-11-16(27)23-13-6-7-14-15(9-13)19(30)25(2)18(14)29/h6-7,9,12H,3-5,8,10-11H2,1-2H3,(H,23,27)(H,24,32). The second-order valence-electron chi connectivity index (χ2n) is 8.58. The Morgan fingerprint density at radius 1 is 1.15 bits per heavy atom. The number of nitrogens with zero attached hydrogens (tertiary/aromatic N) is 2. The molecule has 2 N–H and O–H groups in total. The summed E-state index contributed by atoms with van der Waals surface area (Å²) < 4.78 is 4.93. The lowest BCUT2D eigenvalue weighted by molar-refractivity contribution is -0.150. The molecule has 174 valence electrons. The SMILES string of the molecule is CC1CCCCC12NC(=O)N(CC(=O)OCC(=O)Nc1ccc3c(c1)C(=O)N(C)C3=O)C2=O. The molecule has 2 atom stereocenters. The van der Waals surface area contributed by atoms with E-state index in [1.54, 1.807) is 0 Å². The van der Waals surface area contributed by atoms with Crippen LogP contribution >= 0.6 is 0 Å². The predicted octanol–water partition coefficient (Wildman–Crippen LogP) is 0.895. The Hall–Kier alpha value is -3.76. The average molecular weight is 456 g/mol. The lowest BCUT2D eigenvalue weighted by Gasteiger charge is -2.36. The highest BCUT2D eigenvalue weighted by atomic mass is 16.5. The molecule has 4 rings (SSSR count). The number of nitrogens with one attached hydrogen (secondary N) is 2. The minimum atomic E-state index is -0.979. The Balaban J connectivity index is 1.31. The van der Waals surface area contributed by atoms with Gasteiger partial charge in [-0.2, -0.15) is 0 Å². The van der Waals surface area contributed by atoms with Crippen LogP contribution in [0.4, 0.5) is 10.5 Å². The van der Waals surface area contributed by atoms with Gasteiger partial charge in [0.25, 0.3) is 23.6 Å². The van der Waals surface area contributed by atoms with E-state index in [0.717, 1.165) is 29.1 Å². The number of hydrogen-bond acceptors (Lipinski definition) is 7. The highest BCUT2D eigenvalue weighted by Gasteiger charge is 2.55. The number of esters is 1. The van der Waals surface area contributed by atoms with E-state index in [4.69, 9.17) is 4.74 Å². The van der Waals surface area contributed by atoms with E-state index in [9.17, 15) is 28.8 Å². The molecule has 0 bridgehead atoms. The zero-order chi connectivity index (χ0) is 23.9. The molecule has 33 heavy (non-hydrogen) atoms. The summed E-state index contributed by atoms with van der Waals surface area (Å²) in [6.07, 6.45) is 3.13. The Morgan fingerprint density at radius 2 is 1.88 bits per heavy atom. The van der Waals surface area contributed by atoms with Crippen molar-refractivity contribution >= 4 is 41.3 Å². The minimum absolute atomic E-state index is 0.0382. The second-order valence-corrected chi connectivity index (χ2v) is 8.58. The molecular weight excluding hydrogens is 432 g/mol. The molecule has 6 amide bonds. The van der Waals surface area contributed by atoms with Crippen LogP contribution in [0.3, 0.4) is 0 Å². The normalized spacial score (nSPS) is 24.2. The molecule has 1 aliphatic carbocycles. The van der Waals surface area contributed by atoms with Crippen molar-refractivity contribution in [2.75, 3.05) is 25.5 Å². The fraction of sp³-hybridized carbons (Fsp3) is 0.455. The van der Waals surface area contributed by atoms with E-state index in [-0.39, 0.29) is 22.7 Å². The Bertz CT molecular complexity index is 1080. The second kappa shape index (κ2) is 8.30. The molecule has 2 heterocycles. The van der Waals surface area contributed by atoms with Gasteiger partial charge in [0.2, 0.25) is 0 Å². The summed E-state index contributed by atoms with van der Waals surface area (Å²) in [6, 6.07) is 3.62. The van der Waals surface area contributed by atoms with E-state index in [2.05, 4.69) is 10.6 Å². The van der Waals surface area contributed by atoms with Crippen LogP contribution in [0.15, 0.2) is 18.2 Å². The van der Waals surface area contributed by atoms with Gasteiger partial charge in [0.15, 0.2) is 6.61 Å². The first-order valence-electron chi connectivity index (χ1n) is 10.7. The smallest absolute Gasteiger partial charge is 0.326 e. The number of anilines is 1. The van der Waals surface area contributed by atoms with Crippen molar-refractivity contribution in [2.24, 2.45) is 5.92 Å². The van der Waals surface area contributed by atoms with E-state index in [1.807, 2.05) is 6.92 Å². The molecule has 1 spiro atoms. The molecule has 1 saturated heterocycles. The minimum Gasteiger partial charge on any atom is -0.454 e. The zero-order valence-corrected chi connectivity index (χ0v) is 18.3. The van der Waals surface area contributed by atoms with Crippen molar-refractivity contribution in [1.29, 1.82) is 0 Å². The van der Waals surface area contributed by atoms with Crippen LogP contribution in [0, 0.1) is 5.92 Å². The van der Waals surface area contributed by atoms with Crippen molar-refractivity contribution in [3.63, 3.8) is 0 Å². The predicted molar refractivity (Wildman–Crippen MR) is 113 cm³/mol. The topological polar surface area (TPSA) is 142 Å². The van der Waals surface area contributed by atoms with E-state index < -0.39 is 54.3 Å². The Morgan fingerprint density at radius 3 is 2.61 bits per heavy atom. The third-order valence-electron chi connectivity index (χ3n) is 6.53. The molecule has 1 saturated carbocycles. The molecule has 2 aliphatic heterocycles. The van der Waals surface area contributed by atoms with Gasteiger partial charge < -0.3 is 15.4 Å². The summed E-state index contributed by atoms with van der Waals surface area (Å²) in [6.45, 7) is 0.673. The number of rotatable bonds is 5. The molecule has 1 aromatic carbocycles. The van der Waals surface area contributed by atoms with Crippen LogP contribution < -0.4 is 10.6 Å². The quantitative estimate of drug-likeness (QED) is 0.381. The molecule has 11 nitrogen and oxygen atoms in total. The van der Waals surface area contributed by atoms with Crippen molar-refractivity contribution < 1.29 is 33.5 Å². The van der Waals surface area contributed by atoms with Crippen LogP contribution in [0.25, 0.3) is 0 Å². The van der Waals surface area contributed by atoms with Gasteiger partial charge in [-0.3, -0.25) is 33.8 Å². The van der Waals surface area contributed by atoms with Gasteiger partial charge in [0.1, 0.15) is 12.1 Å². The number of urea groups is 1. The van der Waals surface area contributed by atoms with Crippen LogP contribution in [0.5, 0.6) is 0 Å². The molecular formula is C22H24N4O7. The number of fused-ring (bicyclic) bond motifs is 1. The van der Waals surface area contributed by atoms with Crippen LogP contribution in [-0.2, 0) is 19.1 Å². The van der Waals surface area contributed by atoms with Gasteiger partial charge in [0.05, 0.1) is 11.1 Å². The summed E-state index contributed by atoms with van der Waals surface area (Å²) in [7, 11) is 1.37. The van der Waals surface area contributed by atoms with Crippen LogP contribution in [0.1, 0.15) is 53.3 Å². The third-order valence-corrected chi connectivity index (χ3v) is 6.53. The van der Waals surface area contributed by atoms with Crippen molar-refractivity contribution in [2.45, 2.75) is 38.1 Å². The van der Waals surface area contributed by atoms with Crippen molar-refractivity contribution in [3.8, 4) is 0 Å². The fourth-order valence-electron chi connectivity index (χ4n) is 4.60. The molecule has 0 aromatic heterocycles. The zero-order valence-electron chi connectivity index (χ0n) is 18.3. The van der Waals surface area contributed by atoms with Crippen molar-refractivity contribution in [3.05, 3.63) is 29.3 Å². The first kappa shape index (κ1) is 22.4. The number of hydrogen-bond donors (Lipinski definition) is 2. The largest absolute Gasteiger partial charge is 0.454 e. The molecule has 1 aromatic rings. The number of carbonyl (C=O) groups excluding carboxylic acids is 6. The van der Waals surface area contributed by atoms with Gasteiger partial charge in [0, 0.05) is 12.7 Å². The summed E-state index contributed by atoms with van der Waals surface area (Å²) in [4.78, 5) is 75.4. The first-order valence-corrected chi connectivity index (χ1v) is 10.7. The molecule has 2 fully saturated rings. The summed E-state index contributed by atoms with van der Waals surface area (Å²) in [5.41, 5.74) is -0.311.